The summed E-state index contributed by atoms with van der Waals surface area (Å²) in [5.74, 6) is -1.01. The topological polar surface area (TPSA) is 97.6 Å². The van der Waals surface area contributed by atoms with Crippen LogP contribution in [0.3, 0.4) is 0 Å². The van der Waals surface area contributed by atoms with Gasteiger partial charge in [-0.1, -0.05) is 6.07 Å². The molecule has 0 aliphatic rings. The Labute approximate surface area is 154 Å². The molecule has 1 aromatic heterocycles. The summed E-state index contributed by atoms with van der Waals surface area (Å²) in [6.07, 6.45) is 1.41. The summed E-state index contributed by atoms with van der Waals surface area (Å²) < 4.78 is 9.68. The lowest BCUT2D eigenvalue weighted by Gasteiger charge is -2.08. The monoisotopic (exact) mass is 364 g/mol. The van der Waals surface area contributed by atoms with E-state index in [2.05, 4.69) is 15.4 Å². The van der Waals surface area contributed by atoms with Crippen molar-refractivity contribution in [2.75, 3.05) is 17.7 Å². The molecule has 3 rings (SSSR count). The minimum absolute atomic E-state index is 0.197. The zero-order valence-electron chi connectivity index (χ0n) is 14.4. The van der Waals surface area contributed by atoms with Gasteiger partial charge in [-0.05, 0) is 54.6 Å². The van der Waals surface area contributed by atoms with Gasteiger partial charge in [0, 0.05) is 16.9 Å². The van der Waals surface area contributed by atoms with E-state index in [-0.39, 0.29) is 17.6 Å². The Bertz CT molecular complexity index is 962. The van der Waals surface area contributed by atoms with Crippen LogP contribution in [0.15, 0.2) is 71.3 Å². The molecule has 7 nitrogen and oxygen atoms in total. The Kier molecular flexibility index (Phi) is 5.32. The van der Waals surface area contributed by atoms with Gasteiger partial charge >= 0.3 is 5.97 Å². The van der Waals surface area contributed by atoms with E-state index < -0.39 is 5.97 Å². The Balaban J connectivity index is 1.65. The molecule has 0 aliphatic heterocycles. The van der Waals surface area contributed by atoms with Gasteiger partial charge in [0.2, 0.25) is 0 Å². The number of methoxy groups -OCH3 is 1. The fraction of sp³-hybridized carbons (Fsp3) is 0.0500. The second kappa shape index (κ2) is 8.01. The van der Waals surface area contributed by atoms with Crippen molar-refractivity contribution in [3.05, 3.63) is 83.8 Å². The Morgan fingerprint density at radius 3 is 2.22 bits per heavy atom. The average molecular weight is 364 g/mol. The fourth-order valence-corrected chi connectivity index (χ4v) is 2.35. The summed E-state index contributed by atoms with van der Waals surface area (Å²) in [4.78, 5) is 35.8. The first-order chi connectivity index (χ1) is 13.1. The second-order valence-electron chi connectivity index (χ2n) is 5.54. The van der Waals surface area contributed by atoms with Crippen molar-refractivity contribution in [3.63, 3.8) is 0 Å². The van der Waals surface area contributed by atoms with Gasteiger partial charge in [0.1, 0.15) is 0 Å². The predicted octanol–water partition coefficient (Wildman–Crippen LogP) is 3.57. The highest BCUT2D eigenvalue weighted by molar-refractivity contribution is 6.06. The van der Waals surface area contributed by atoms with Crippen molar-refractivity contribution in [3.8, 4) is 0 Å². The molecule has 0 fully saturated rings. The summed E-state index contributed by atoms with van der Waals surface area (Å²) >= 11 is 0. The molecular formula is C20H16N2O5. The van der Waals surface area contributed by atoms with Crippen LogP contribution in [0, 0.1) is 0 Å². The molecule has 0 unspecified atom stereocenters. The largest absolute Gasteiger partial charge is 0.465 e. The molecule has 0 saturated carbocycles. The highest BCUT2D eigenvalue weighted by Crippen LogP contribution is 2.15. The third kappa shape index (κ3) is 4.40. The Hall–Kier alpha value is -3.87. The van der Waals surface area contributed by atoms with Gasteiger partial charge in [-0.15, -0.1) is 0 Å². The van der Waals surface area contributed by atoms with Crippen LogP contribution in [0.5, 0.6) is 0 Å². The normalized spacial score (nSPS) is 10.1. The van der Waals surface area contributed by atoms with Crippen LogP contribution in [0.1, 0.15) is 31.3 Å². The molecule has 7 heteroatoms. The molecule has 0 bridgehead atoms. The lowest BCUT2D eigenvalue weighted by molar-refractivity contribution is 0.0600. The van der Waals surface area contributed by atoms with E-state index in [0.717, 1.165) is 0 Å². The van der Waals surface area contributed by atoms with Crippen LogP contribution in [0.2, 0.25) is 0 Å². The number of hydrogen-bond acceptors (Lipinski definition) is 5. The predicted molar refractivity (Wildman–Crippen MR) is 98.8 cm³/mol. The van der Waals surface area contributed by atoms with Gasteiger partial charge in [0.15, 0.2) is 5.76 Å². The van der Waals surface area contributed by atoms with Crippen molar-refractivity contribution >= 4 is 29.2 Å². The van der Waals surface area contributed by atoms with E-state index >= 15 is 0 Å². The molecule has 0 atom stereocenters. The van der Waals surface area contributed by atoms with Crippen molar-refractivity contribution in [1.29, 1.82) is 0 Å². The number of hydrogen-bond donors (Lipinski definition) is 2. The molecular weight excluding hydrogens is 348 g/mol. The van der Waals surface area contributed by atoms with Crippen LogP contribution in [0.25, 0.3) is 0 Å². The molecule has 0 saturated heterocycles. The number of anilines is 2. The number of amides is 2. The number of esters is 1. The minimum atomic E-state index is -0.484. The second-order valence-corrected chi connectivity index (χ2v) is 5.54. The van der Waals surface area contributed by atoms with Crippen LogP contribution in [-0.2, 0) is 4.74 Å². The van der Waals surface area contributed by atoms with Gasteiger partial charge in [0.25, 0.3) is 11.8 Å². The van der Waals surface area contributed by atoms with Gasteiger partial charge in [-0.25, -0.2) is 4.79 Å². The third-order valence-corrected chi connectivity index (χ3v) is 3.69. The number of ether oxygens (including phenoxy) is 1. The minimum Gasteiger partial charge on any atom is -0.465 e. The number of carbonyl (C=O) groups excluding carboxylic acids is 3. The molecule has 0 aliphatic carbocycles. The van der Waals surface area contributed by atoms with E-state index in [0.29, 0.717) is 22.5 Å². The molecule has 2 aromatic carbocycles. The number of benzene rings is 2. The fourth-order valence-electron chi connectivity index (χ4n) is 2.35. The van der Waals surface area contributed by atoms with Crippen molar-refractivity contribution in [2.45, 2.75) is 0 Å². The maximum atomic E-state index is 12.4. The number of rotatable bonds is 5. The van der Waals surface area contributed by atoms with Crippen molar-refractivity contribution in [1.82, 2.24) is 0 Å². The quantitative estimate of drug-likeness (QED) is 0.675. The summed E-state index contributed by atoms with van der Waals surface area (Å²) in [6.45, 7) is 0. The standard InChI is InChI=1S/C20H16N2O5/c1-26-20(25)14-4-2-5-16(12-14)22-18(23)13-7-9-15(10-8-13)21-19(24)17-6-3-11-27-17/h2-12H,1H3,(H,21,24)(H,22,23). The van der Waals surface area contributed by atoms with E-state index in [1.807, 2.05) is 0 Å². The van der Waals surface area contributed by atoms with Gasteiger partial charge < -0.3 is 19.8 Å². The first kappa shape index (κ1) is 17.9. The third-order valence-electron chi connectivity index (χ3n) is 3.69. The lowest BCUT2D eigenvalue weighted by Crippen LogP contribution is -2.13. The van der Waals surface area contributed by atoms with Crippen molar-refractivity contribution in [2.24, 2.45) is 0 Å². The average Bonchev–Trinajstić information content (AvgIpc) is 3.23. The molecule has 0 spiro atoms. The molecule has 136 valence electrons. The first-order valence-corrected chi connectivity index (χ1v) is 8.01. The molecule has 27 heavy (non-hydrogen) atoms. The maximum Gasteiger partial charge on any atom is 0.337 e. The zero-order chi connectivity index (χ0) is 19.2. The van der Waals surface area contributed by atoms with Gasteiger partial charge in [-0.3, -0.25) is 9.59 Å². The molecule has 0 radical (unpaired) electrons. The van der Waals surface area contributed by atoms with E-state index in [4.69, 9.17) is 4.42 Å². The SMILES string of the molecule is COC(=O)c1cccc(NC(=O)c2ccc(NC(=O)c3ccco3)cc2)c1. The van der Waals surface area contributed by atoms with E-state index in [1.54, 1.807) is 54.6 Å². The number of furan rings is 1. The summed E-state index contributed by atoms with van der Waals surface area (Å²) in [7, 11) is 1.29. The van der Waals surface area contributed by atoms with E-state index in [9.17, 15) is 14.4 Å². The Morgan fingerprint density at radius 2 is 1.56 bits per heavy atom. The van der Waals surface area contributed by atoms with Crippen LogP contribution in [0.4, 0.5) is 11.4 Å². The van der Waals surface area contributed by atoms with Crippen LogP contribution in [-0.4, -0.2) is 24.9 Å². The Morgan fingerprint density at radius 1 is 0.815 bits per heavy atom. The first-order valence-electron chi connectivity index (χ1n) is 8.01. The summed E-state index contributed by atoms with van der Waals surface area (Å²) in [5.41, 5.74) is 1.74. The smallest absolute Gasteiger partial charge is 0.337 e. The number of nitrogens with one attached hydrogen (secondary N) is 2. The van der Waals surface area contributed by atoms with Crippen molar-refractivity contribution < 1.29 is 23.5 Å². The molecule has 2 amide bonds. The zero-order valence-corrected chi connectivity index (χ0v) is 14.4. The van der Waals surface area contributed by atoms with Gasteiger partial charge in [0.05, 0.1) is 18.9 Å². The summed E-state index contributed by atoms with van der Waals surface area (Å²) in [6, 6.07) is 16.0. The van der Waals surface area contributed by atoms with Crippen LogP contribution >= 0.6 is 0 Å². The van der Waals surface area contributed by atoms with Gasteiger partial charge in [-0.2, -0.15) is 0 Å². The summed E-state index contributed by atoms with van der Waals surface area (Å²) in [5, 5.41) is 5.38. The highest BCUT2D eigenvalue weighted by Gasteiger charge is 2.11. The maximum absolute atomic E-state index is 12.4. The highest BCUT2D eigenvalue weighted by atomic mass is 16.5. The van der Waals surface area contributed by atoms with Crippen LogP contribution < -0.4 is 10.6 Å². The molecule has 1 heterocycles. The van der Waals surface area contributed by atoms with E-state index in [1.165, 1.54) is 19.4 Å². The lowest BCUT2D eigenvalue weighted by atomic mass is 10.1. The molecule has 3 aromatic rings. The number of carbonyl (C=O) groups is 3. The molecule has 2 N–H and O–H groups in total.